The van der Waals surface area contributed by atoms with Crippen LogP contribution in [0.4, 0.5) is 0 Å². The minimum atomic E-state index is -0.00910. The van der Waals surface area contributed by atoms with Gasteiger partial charge in [-0.25, -0.2) is 0 Å². The molecule has 1 rings (SSSR count). The van der Waals surface area contributed by atoms with E-state index >= 15 is 0 Å². The lowest BCUT2D eigenvalue weighted by Gasteiger charge is -2.16. The molecular formula is C16H21NO3. The summed E-state index contributed by atoms with van der Waals surface area (Å²) in [6, 6.07) is 7.78. The van der Waals surface area contributed by atoms with Gasteiger partial charge in [0.05, 0.1) is 12.6 Å². The number of amides is 1. The van der Waals surface area contributed by atoms with E-state index in [1.165, 1.54) is 0 Å². The summed E-state index contributed by atoms with van der Waals surface area (Å²) in [5, 5.41) is 2.77. The van der Waals surface area contributed by atoms with Crippen LogP contribution in [0.25, 0.3) is 0 Å². The maximum Gasteiger partial charge on any atom is 0.207 e. The van der Waals surface area contributed by atoms with Crippen molar-refractivity contribution in [3.05, 3.63) is 29.8 Å². The predicted molar refractivity (Wildman–Crippen MR) is 78.6 cm³/mol. The van der Waals surface area contributed by atoms with Crippen LogP contribution in [0, 0.1) is 11.8 Å². The second-order valence-electron chi connectivity index (χ2n) is 4.20. The van der Waals surface area contributed by atoms with Crippen LogP contribution in [-0.2, 0) is 16.0 Å². The highest BCUT2D eigenvalue weighted by Gasteiger charge is 2.08. The Morgan fingerprint density at radius 2 is 2.10 bits per heavy atom. The highest BCUT2D eigenvalue weighted by Crippen LogP contribution is 2.13. The van der Waals surface area contributed by atoms with Crippen molar-refractivity contribution in [2.45, 2.75) is 26.3 Å². The summed E-state index contributed by atoms with van der Waals surface area (Å²) in [5.74, 6) is 6.42. The molecule has 0 aliphatic rings. The quantitative estimate of drug-likeness (QED) is 0.552. The monoisotopic (exact) mass is 275 g/mol. The second-order valence-corrected chi connectivity index (χ2v) is 4.20. The normalized spacial score (nSPS) is 11.1. The van der Waals surface area contributed by atoms with Crippen molar-refractivity contribution in [1.82, 2.24) is 5.32 Å². The lowest BCUT2D eigenvalue weighted by Crippen LogP contribution is -2.34. The van der Waals surface area contributed by atoms with E-state index in [9.17, 15) is 4.79 Å². The van der Waals surface area contributed by atoms with Crippen molar-refractivity contribution < 1.29 is 14.3 Å². The van der Waals surface area contributed by atoms with E-state index in [1.807, 2.05) is 31.2 Å². The minimum absolute atomic E-state index is 0.00910. The van der Waals surface area contributed by atoms with Crippen LogP contribution in [0.1, 0.15) is 19.4 Å². The molecule has 4 heteroatoms. The second kappa shape index (κ2) is 9.88. The number of rotatable bonds is 9. The van der Waals surface area contributed by atoms with Gasteiger partial charge in [0.15, 0.2) is 0 Å². The summed E-state index contributed by atoms with van der Waals surface area (Å²) in [7, 11) is 0. The molecule has 0 aliphatic carbocycles. The highest BCUT2D eigenvalue weighted by atomic mass is 16.5. The summed E-state index contributed by atoms with van der Waals surface area (Å²) in [6.07, 6.45) is 1.44. The Balaban J connectivity index is 2.52. The average Bonchev–Trinajstić information content (AvgIpc) is 2.47. The number of carbonyl (C=O) groups is 1. The summed E-state index contributed by atoms with van der Waals surface area (Å²) in [4.78, 5) is 10.6. The van der Waals surface area contributed by atoms with Crippen molar-refractivity contribution in [3.63, 3.8) is 0 Å². The maximum absolute atomic E-state index is 10.6. The Kier molecular flexibility index (Phi) is 7.93. The molecule has 0 spiro atoms. The highest BCUT2D eigenvalue weighted by molar-refractivity contribution is 5.47. The van der Waals surface area contributed by atoms with Crippen LogP contribution in [-0.4, -0.2) is 32.3 Å². The van der Waals surface area contributed by atoms with E-state index in [-0.39, 0.29) is 6.04 Å². The third-order valence-corrected chi connectivity index (χ3v) is 2.72. The first-order chi connectivity index (χ1) is 9.80. The number of benzene rings is 1. The zero-order chi connectivity index (χ0) is 14.6. The van der Waals surface area contributed by atoms with Crippen LogP contribution in [0.15, 0.2) is 24.3 Å². The molecule has 0 unspecified atom stereocenters. The van der Waals surface area contributed by atoms with Gasteiger partial charge in [-0.1, -0.05) is 18.1 Å². The molecule has 0 aliphatic heterocycles. The van der Waals surface area contributed by atoms with Crippen LogP contribution in [0.5, 0.6) is 5.75 Å². The molecule has 0 fully saturated rings. The number of hydrogen-bond acceptors (Lipinski definition) is 3. The molecule has 0 saturated carbocycles. The van der Waals surface area contributed by atoms with Crippen LogP contribution in [0.2, 0.25) is 0 Å². The van der Waals surface area contributed by atoms with E-state index < -0.39 is 0 Å². The van der Waals surface area contributed by atoms with Gasteiger partial charge in [-0.3, -0.25) is 4.79 Å². The maximum atomic E-state index is 10.6. The number of hydrogen-bond donors (Lipinski definition) is 1. The average molecular weight is 275 g/mol. The zero-order valence-corrected chi connectivity index (χ0v) is 12.0. The summed E-state index contributed by atoms with van der Waals surface area (Å²) in [5.41, 5.74) is 1.12. The molecule has 1 amide bonds. The summed E-state index contributed by atoms with van der Waals surface area (Å²) in [6.45, 7) is 5.27. The van der Waals surface area contributed by atoms with Crippen LogP contribution < -0.4 is 10.1 Å². The molecular weight excluding hydrogens is 254 g/mol. The van der Waals surface area contributed by atoms with Crippen molar-refractivity contribution in [1.29, 1.82) is 0 Å². The Morgan fingerprint density at radius 3 is 2.70 bits per heavy atom. The zero-order valence-electron chi connectivity index (χ0n) is 12.0. The van der Waals surface area contributed by atoms with Crippen molar-refractivity contribution >= 4 is 6.41 Å². The molecule has 108 valence electrons. The Bertz CT molecular complexity index is 445. The molecule has 0 saturated heterocycles. The first-order valence-corrected chi connectivity index (χ1v) is 6.69. The van der Waals surface area contributed by atoms with E-state index in [0.29, 0.717) is 26.2 Å². The fourth-order valence-electron chi connectivity index (χ4n) is 1.72. The number of ether oxygens (including phenoxy) is 2. The molecule has 0 heterocycles. The molecule has 1 atom stereocenters. The molecule has 0 aromatic heterocycles. The van der Waals surface area contributed by atoms with E-state index in [2.05, 4.69) is 17.2 Å². The molecule has 0 bridgehead atoms. The molecule has 1 N–H and O–H groups in total. The van der Waals surface area contributed by atoms with Crippen molar-refractivity contribution in [3.8, 4) is 17.6 Å². The SMILES string of the molecule is CC#CCOc1ccc(C[C@@H](COCC)NC=O)cc1. The lowest BCUT2D eigenvalue weighted by molar-refractivity contribution is -0.110. The fourth-order valence-corrected chi connectivity index (χ4v) is 1.72. The molecule has 20 heavy (non-hydrogen) atoms. The standard InChI is InChI=1S/C16H21NO3/c1-3-5-10-20-16-8-6-14(7-9-16)11-15(17-13-18)12-19-4-2/h6-9,13,15H,4,10-12H2,1-2H3,(H,17,18)/t15-/m0/s1. The van der Waals surface area contributed by atoms with Gasteiger partial charge in [0.25, 0.3) is 0 Å². The third-order valence-electron chi connectivity index (χ3n) is 2.72. The first-order valence-electron chi connectivity index (χ1n) is 6.69. The first kappa shape index (κ1) is 16.1. The summed E-state index contributed by atoms with van der Waals surface area (Å²) < 4.78 is 10.8. The third kappa shape index (κ3) is 6.26. The predicted octanol–water partition coefficient (Wildman–Crippen LogP) is 1.78. The Labute approximate surface area is 120 Å². The van der Waals surface area contributed by atoms with Gasteiger partial charge in [0.1, 0.15) is 12.4 Å². The Morgan fingerprint density at radius 1 is 1.35 bits per heavy atom. The van der Waals surface area contributed by atoms with Gasteiger partial charge in [-0.2, -0.15) is 0 Å². The largest absolute Gasteiger partial charge is 0.481 e. The number of carbonyl (C=O) groups excluding carboxylic acids is 1. The van der Waals surface area contributed by atoms with E-state index in [0.717, 1.165) is 17.7 Å². The smallest absolute Gasteiger partial charge is 0.207 e. The molecule has 0 radical (unpaired) electrons. The van der Waals surface area contributed by atoms with E-state index in [4.69, 9.17) is 9.47 Å². The Hall–Kier alpha value is -1.99. The van der Waals surface area contributed by atoms with E-state index in [1.54, 1.807) is 6.92 Å². The van der Waals surface area contributed by atoms with Gasteiger partial charge < -0.3 is 14.8 Å². The van der Waals surface area contributed by atoms with Crippen LogP contribution >= 0.6 is 0 Å². The van der Waals surface area contributed by atoms with Crippen molar-refractivity contribution in [2.24, 2.45) is 0 Å². The summed E-state index contributed by atoms with van der Waals surface area (Å²) >= 11 is 0. The molecule has 4 nitrogen and oxygen atoms in total. The van der Waals surface area contributed by atoms with Gasteiger partial charge in [-0.05, 0) is 38.0 Å². The molecule has 1 aromatic carbocycles. The number of nitrogens with one attached hydrogen (secondary N) is 1. The molecule has 1 aromatic rings. The lowest BCUT2D eigenvalue weighted by atomic mass is 10.1. The van der Waals surface area contributed by atoms with Gasteiger partial charge >= 0.3 is 0 Å². The van der Waals surface area contributed by atoms with Gasteiger partial charge in [0.2, 0.25) is 6.41 Å². The topological polar surface area (TPSA) is 47.6 Å². The van der Waals surface area contributed by atoms with Gasteiger partial charge in [-0.15, -0.1) is 5.92 Å². The van der Waals surface area contributed by atoms with Crippen molar-refractivity contribution in [2.75, 3.05) is 19.8 Å². The fraction of sp³-hybridized carbons (Fsp3) is 0.438. The van der Waals surface area contributed by atoms with Gasteiger partial charge in [0, 0.05) is 6.61 Å². The van der Waals surface area contributed by atoms with Crippen LogP contribution in [0.3, 0.4) is 0 Å². The minimum Gasteiger partial charge on any atom is -0.481 e.